The molecule has 22 heteroatoms. The van der Waals surface area contributed by atoms with Crippen molar-refractivity contribution in [2.75, 3.05) is 26.1 Å². The number of anilines is 1. The Morgan fingerprint density at radius 3 is 2.61 bits per heavy atom. The lowest BCUT2D eigenvalue weighted by atomic mass is 9.88. The van der Waals surface area contributed by atoms with Crippen molar-refractivity contribution in [2.45, 2.75) is 60.7 Å². The average molecular weight is 650 g/mol. The number of phosphoric ester groups is 1. The minimum atomic E-state index is -5.46. The van der Waals surface area contributed by atoms with Crippen LogP contribution in [-0.2, 0) is 49.5 Å². The number of aliphatic hydroxyl groups excluding tert-OH is 4. The molecule has 10 N–H and O–H groups in total. The maximum atomic E-state index is 13.9. The highest BCUT2D eigenvalue weighted by Crippen LogP contribution is 2.62. The molecule has 0 amide bonds. The third-order valence-corrected chi connectivity index (χ3v) is 10.0. The molecule has 41 heavy (non-hydrogen) atoms. The molecular weight excluding hydrogens is 621 g/mol. The minimum Gasteiger partial charge on any atom is -0.459 e. The summed E-state index contributed by atoms with van der Waals surface area (Å²) in [6, 6.07) is -0.949. The zero-order valence-corrected chi connectivity index (χ0v) is 23.6. The summed E-state index contributed by atoms with van der Waals surface area (Å²) in [4.78, 5) is 28.7. The number of hydrogen-bond donors (Lipinski definition) is 8. The summed E-state index contributed by atoms with van der Waals surface area (Å²) in [7, 11) is -4.10. The van der Waals surface area contributed by atoms with Gasteiger partial charge in [0.2, 0.25) is 0 Å². The minimum absolute atomic E-state index is 0.0159. The Morgan fingerprint density at radius 2 is 1.95 bits per heavy atom. The number of nitrogens with two attached hydrogens (primary N) is 2. The first-order chi connectivity index (χ1) is 19.2. The molecule has 1 spiro atoms. The second kappa shape index (κ2) is 12.4. The lowest BCUT2D eigenvalue weighted by molar-refractivity contribution is -0.287. The fourth-order valence-corrected chi connectivity index (χ4v) is 7.68. The standard InChI is InChI=1S/C19H29FN4O14P2S/c1-32-16-9(21)8(36-19(16)2-3-33-14-15(19)23-6-24-17(14)22)5-34-40(31,41)38-39(29,30)37-18-12(28)10(26)11(27)13(35-18)7(20)4-25/h2-3,6-13,16,18,25-28H,4-5,21H2,1H3,(H,29,30)(H,31,41)(H2,22,23,24)/t7-,8+,9+,10?,11?,12?,13?,16+,18?,19?,40?/m0/s1. The van der Waals surface area contributed by atoms with Crippen molar-refractivity contribution in [3.63, 3.8) is 0 Å². The molecule has 232 valence electrons. The summed E-state index contributed by atoms with van der Waals surface area (Å²) in [6.07, 6.45) is -10.8. The van der Waals surface area contributed by atoms with Gasteiger partial charge >= 0.3 is 14.5 Å². The van der Waals surface area contributed by atoms with Gasteiger partial charge in [-0.05, 0) is 17.9 Å². The highest BCUT2D eigenvalue weighted by Gasteiger charge is 2.58. The number of alkyl halides is 1. The molecule has 0 radical (unpaired) electrons. The van der Waals surface area contributed by atoms with Crippen LogP contribution in [0.1, 0.15) is 5.69 Å². The SMILES string of the molecule is CO[C@@H]1[C@H](N)[C@@H](COP(O)(=S)OP(=O)(O)OC2OC([C@@H](F)CO)C(O)C(O)C2O)OC12C=COc1c(N)ncnc12. The molecule has 4 rings (SSSR count). The van der Waals surface area contributed by atoms with Crippen LogP contribution < -0.4 is 16.2 Å². The van der Waals surface area contributed by atoms with Gasteiger partial charge in [0.05, 0.1) is 25.5 Å². The Labute approximate surface area is 236 Å². The Balaban J connectivity index is 1.43. The molecule has 18 nitrogen and oxygen atoms in total. The molecule has 2 fully saturated rings. The Kier molecular flexibility index (Phi) is 9.84. The topological polar surface area (TPSA) is 281 Å². The van der Waals surface area contributed by atoms with Gasteiger partial charge in [-0.1, -0.05) is 0 Å². The van der Waals surface area contributed by atoms with E-state index in [4.69, 9.17) is 51.9 Å². The van der Waals surface area contributed by atoms with Gasteiger partial charge in [0, 0.05) is 7.11 Å². The fraction of sp³-hybridized carbons (Fsp3) is 0.684. The molecule has 0 saturated carbocycles. The van der Waals surface area contributed by atoms with Crippen LogP contribution in [0.4, 0.5) is 10.2 Å². The zero-order chi connectivity index (χ0) is 30.3. The number of hydrogen-bond acceptors (Lipinski definition) is 17. The predicted molar refractivity (Wildman–Crippen MR) is 135 cm³/mol. The van der Waals surface area contributed by atoms with E-state index in [9.17, 15) is 34.1 Å². The summed E-state index contributed by atoms with van der Waals surface area (Å²) >= 11 is 4.80. The maximum Gasteiger partial charge on any atom is 0.481 e. The van der Waals surface area contributed by atoms with E-state index in [1.165, 1.54) is 25.8 Å². The molecule has 2 saturated heterocycles. The summed E-state index contributed by atoms with van der Waals surface area (Å²) in [6.45, 7) is -6.39. The molecule has 4 heterocycles. The summed E-state index contributed by atoms with van der Waals surface area (Å²) in [5.41, 5.74) is 11.0. The summed E-state index contributed by atoms with van der Waals surface area (Å²) in [5, 5.41) is 38.9. The Hall–Kier alpha value is -1.29. The van der Waals surface area contributed by atoms with Gasteiger partial charge in [0.1, 0.15) is 48.6 Å². The molecule has 1 aromatic rings. The monoisotopic (exact) mass is 650 g/mol. The largest absolute Gasteiger partial charge is 0.481 e. The van der Waals surface area contributed by atoms with Gasteiger partial charge in [-0.15, -0.1) is 0 Å². The lowest BCUT2D eigenvalue weighted by Crippen LogP contribution is -2.60. The van der Waals surface area contributed by atoms with Gasteiger partial charge < -0.3 is 65.2 Å². The first-order valence-electron chi connectivity index (χ1n) is 11.7. The van der Waals surface area contributed by atoms with Crippen molar-refractivity contribution < 1.29 is 71.5 Å². The quantitative estimate of drug-likeness (QED) is 0.121. The number of ether oxygens (including phenoxy) is 4. The molecule has 3 aliphatic rings. The van der Waals surface area contributed by atoms with Crippen LogP contribution in [0, 0.1) is 0 Å². The third kappa shape index (κ3) is 6.48. The van der Waals surface area contributed by atoms with Crippen LogP contribution in [-0.4, -0.2) is 116 Å². The Bertz CT molecular complexity index is 1240. The second-order valence-electron chi connectivity index (χ2n) is 9.10. The third-order valence-electron chi connectivity index (χ3n) is 6.49. The summed E-state index contributed by atoms with van der Waals surface area (Å²) < 4.78 is 62.9. The van der Waals surface area contributed by atoms with Crippen LogP contribution >= 0.6 is 14.5 Å². The van der Waals surface area contributed by atoms with Crippen LogP contribution in [0.3, 0.4) is 0 Å². The first kappa shape index (κ1) is 32.6. The van der Waals surface area contributed by atoms with Crippen LogP contribution in [0.25, 0.3) is 0 Å². The van der Waals surface area contributed by atoms with E-state index < -0.39 is 88.5 Å². The molecule has 1 aromatic heterocycles. The van der Waals surface area contributed by atoms with Crippen molar-refractivity contribution in [3.8, 4) is 5.75 Å². The highest BCUT2D eigenvalue weighted by atomic mass is 32.5. The molecule has 3 aliphatic heterocycles. The summed E-state index contributed by atoms with van der Waals surface area (Å²) in [5.74, 6) is 0.118. The average Bonchev–Trinajstić information content (AvgIpc) is 3.17. The normalized spacial score (nSPS) is 38.6. The van der Waals surface area contributed by atoms with Crippen molar-refractivity contribution in [2.24, 2.45) is 5.73 Å². The van der Waals surface area contributed by atoms with Gasteiger partial charge in [-0.2, -0.15) is 0 Å². The van der Waals surface area contributed by atoms with E-state index in [0.29, 0.717) is 0 Å². The molecule has 0 aromatic carbocycles. The molecule has 0 bridgehead atoms. The van der Waals surface area contributed by atoms with Gasteiger partial charge in [0.25, 0.3) is 0 Å². The highest BCUT2D eigenvalue weighted by molar-refractivity contribution is 8.08. The van der Waals surface area contributed by atoms with Crippen LogP contribution in [0.15, 0.2) is 18.7 Å². The van der Waals surface area contributed by atoms with Crippen molar-refractivity contribution in [1.29, 1.82) is 0 Å². The van der Waals surface area contributed by atoms with Gasteiger partial charge in [-0.3, -0.25) is 4.52 Å². The number of nitrogens with zero attached hydrogens (tertiary/aromatic N) is 2. The number of aliphatic hydroxyl groups is 4. The number of methoxy groups -OCH3 is 1. The fourth-order valence-electron chi connectivity index (χ4n) is 4.58. The van der Waals surface area contributed by atoms with E-state index in [0.717, 1.165) is 0 Å². The van der Waals surface area contributed by atoms with Crippen LogP contribution in [0.5, 0.6) is 5.75 Å². The lowest BCUT2D eigenvalue weighted by Gasteiger charge is -2.41. The predicted octanol–water partition coefficient (Wildman–Crippen LogP) is -2.59. The van der Waals surface area contributed by atoms with Gasteiger partial charge in [-0.25, -0.2) is 23.2 Å². The van der Waals surface area contributed by atoms with E-state index >= 15 is 0 Å². The molecular formula is C19H29FN4O14P2S. The smallest absolute Gasteiger partial charge is 0.459 e. The van der Waals surface area contributed by atoms with Gasteiger partial charge in [0.15, 0.2) is 29.6 Å². The number of rotatable bonds is 10. The van der Waals surface area contributed by atoms with E-state index in [-0.39, 0.29) is 17.3 Å². The maximum absolute atomic E-state index is 13.9. The molecule has 12 atom stereocenters. The molecule has 8 unspecified atom stereocenters. The molecule has 0 aliphatic carbocycles. The van der Waals surface area contributed by atoms with E-state index in [1.807, 2.05) is 0 Å². The number of phosphoric acid groups is 1. The number of aromatic nitrogens is 2. The first-order valence-corrected chi connectivity index (χ1v) is 15.8. The number of fused-ring (bicyclic) bond motifs is 2. The van der Waals surface area contributed by atoms with Crippen LogP contribution in [0.2, 0.25) is 0 Å². The van der Waals surface area contributed by atoms with E-state index in [1.54, 1.807) is 0 Å². The van der Waals surface area contributed by atoms with Crippen molar-refractivity contribution in [1.82, 2.24) is 9.97 Å². The van der Waals surface area contributed by atoms with E-state index in [2.05, 4.69) is 18.8 Å². The Morgan fingerprint density at radius 1 is 1.24 bits per heavy atom. The number of nitrogen functional groups attached to an aromatic ring is 1. The van der Waals surface area contributed by atoms with Crippen molar-refractivity contribution in [3.05, 3.63) is 24.4 Å². The second-order valence-corrected chi connectivity index (χ2v) is 13.5. The number of halogens is 1. The van der Waals surface area contributed by atoms with Crippen molar-refractivity contribution >= 4 is 32.2 Å². The zero-order valence-electron chi connectivity index (χ0n) is 21.0.